The van der Waals surface area contributed by atoms with Gasteiger partial charge in [-0.05, 0) is 25.3 Å². The molecule has 0 radical (unpaired) electrons. The monoisotopic (exact) mass is 204 g/mol. The van der Waals surface area contributed by atoms with Gasteiger partial charge in [0, 0.05) is 6.61 Å². The van der Waals surface area contributed by atoms with E-state index in [-0.39, 0.29) is 6.61 Å². The van der Waals surface area contributed by atoms with Crippen LogP contribution < -0.4 is 0 Å². The molecule has 0 saturated heterocycles. The maximum Gasteiger partial charge on any atom is 0.364 e. The zero-order valence-electron chi connectivity index (χ0n) is 8.21. The predicted molar refractivity (Wildman–Crippen MR) is 51.6 cm³/mol. The molecule has 0 unspecified atom stereocenters. The molecule has 82 valence electrons. The van der Waals surface area contributed by atoms with Crippen molar-refractivity contribution in [2.75, 3.05) is 6.61 Å². The van der Waals surface area contributed by atoms with E-state index in [1.54, 1.807) is 0 Å². The highest BCUT2D eigenvalue weighted by Crippen LogP contribution is 2.07. The third kappa shape index (κ3) is 7.73. The van der Waals surface area contributed by atoms with Gasteiger partial charge in [-0.3, -0.25) is 0 Å². The van der Waals surface area contributed by atoms with Gasteiger partial charge in [-0.15, -0.1) is 0 Å². The molecule has 0 atom stereocenters. The maximum atomic E-state index is 12.4. The van der Waals surface area contributed by atoms with E-state index in [0.717, 1.165) is 38.2 Å². The summed E-state index contributed by atoms with van der Waals surface area (Å²) in [5.41, 5.74) is 0. The summed E-state index contributed by atoms with van der Waals surface area (Å²) < 4.78 is 12.4. The Morgan fingerprint density at radius 3 is 2.29 bits per heavy atom. The van der Waals surface area contributed by atoms with Crippen molar-refractivity contribution in [1.29, 1.82) is 0 Å². The van der Waals surface area contributed by atoms with E-state index in [9.17, 15) is 9.18 Å². The Morgan fingerprint density at radius 2 is 1.71 bits per heavy atom. The van der Waals surface area contributed by atoms with Gasteiger partial charge in [-0.25, -0.2) is 4.79 Å². The van der Waals surface area contributed by atoms with Crippen LogP contribution in [0, 0.1) is 0 Å². The van der Waals surface area contributed by atoms with Crippen LogP contribution in [-0.2, 0) is 4.79 Å². The topological polar surface area (TPSA) is 57.5 Å². The van der Waals surface area contributed by atoms with Crippen LogP contribution >= 0.6 is 0 Å². The number of aliphatic hydroxyl groups is 1. The third-order valence-electron chi connectivity index (χ3n) is 1.89. The van der Waals surface area contributed by atoms with E-state index in [1.807, 2.05) is 0 Å². The molecule has 0 rings (SSSR count). The molecule has 0 bridgehead atoms. The normalized spacial score (nSPS) is 11.7. The first kappa shape index (κ1) is 13.1. The molecule has 3 nitrogen and oxygen atoms in total. The van der Waals surface area contributed by atoms with E-state index in [0.29, 0.717) is 6.42 Å². The predicted octanol–water partition coefficient (Wildman–Crippen LogP) is 2.26. The lowest BCUT2D eigenvalue weighted by Gasteiger charge is -1.97. The van der Waals surface area contributed by atoms with Crippen molar-refractivity contribution in [3.63, 3.8) is 0 Å². The van der Waals surface area contributed by atoms with Crippen LogP contribution in [0.5, 0.6) is 0 Å². The number of aliphatic hydroxyl groups excluding tert-OH is 1. The van der Waals surface area contributed by atoms with Crippen molar-refractivity contribution in [2.24, 2.45) is 0 Å². The average Bonchev–Trinajstić information content (AvgIpc) is 2.16. The molecule has 14 heavy (non-hydrogen) atoms. The van der Waals surface area contributed by atoms with Crippen molar-refractivity contribution >= 4 is 5.97 Å². The van der Waals surface area contributed by atoms with Crippen LogP contribution in [-0.4, -0.2) is 22.8 Å². The summed E-state index contributed by atoms with van der Waals surface area (Å²) in [6.07, 6.45) is 6.10. The molecule has 0 aromatic rings. The van der Waals surface area contributed by atoms with Crippen molar-refractivity contribution < 1.29 is 19.4 Å². The number of carboxylic acids is 1. The summed E-state index contributed by atoms with van der Waals surface area (Å²) in [4.78, 5) is 10.0. The molecule has 0 aliphatic carbocycles. The molecule has 0 fully saturated rings. The first-order valence-corrected chi connectivity index (χ1v) is 4.88. The fourth-order valence-electron chi connectivity index (χ4n) is 1.10. The lowest BCUT2D eigenvalue weighted by Crippen LogP contribution is -1.94. The SMILES string of the molecule is O=C(O)C(F)=CCCCCCCCO. The fourth-order valence-corrected chi connectivity index (χ4v) is 1.10. The smallest absolute Gasteiger partial charge is 0.364 e. The van der Waals surface area contributed by atoms with E-state index in [1.165, 1.54) is 0 Å². The minimum Gasteiger partial charge on any atom is -0.476 e. The van der Waals surface area contributed by atoms with E-state index < -0.39 is 11.8 Å². The molecule has 0 amide bonds. The lowest BCUT2D eigenvalue weighted by atomic mass is 10.1. The van der Waals surface area contributed by atoms with Crippen LogP contribution in [0.3, 0.4) is 0 Å². The number of hydrogen-bond donors (Lipinski definition) is 2. The van der Waals surface area contributed by atoms with Gasteiger partial charge in [-0.2, -0.15) is 4.39 Å². The molecule has 0 heterocycles. The highest BCUT2D eigenvalue weighted by molar-refractivity contribution is 5.83. The zero-order valence-corrected chi connectivity index (χ0v) is 8.21. The van der Waals surface area contributed by atoms with Gasteiger partial charge in [0.15, 0.2) is 0 Å². The van der Waals surface area contributed by atoms with E-state index in [2.05, 4.69) is 0 Å². The molecule has 2 N–H and O–H groups in total. The van der Waals surface area contributed by atoms with Crippen molar-refractivity contribution in [3.8, 4) is 0 Å². The van der Waals surface area contributed by atoms with Crippen molar-refractivity contribution in [2.45, 2.75) is 38.5 Å². The second-order valence-electron chi connectivity index (χ2n) is 3.14. The standard InChI is InChI=1S/C10H17FO3/c11-9(10(13)14)7-5-3-1-2-4-6-8-12/h7,12H,1-6,8H2,(H,13,14). The maximum absolute atomic E-state index is 12.4. The van der Waals surface area contributed by atoms with Gasteiger partial charge in [0.2, 0.25) is 5.83 Å². The lowest BCUT2D eigenvalue weighted by molar-refractivity contribution is -0.134. The summed E-state index contributed by atoms with van der Waals surface area (Å²) in [5.74, 6) is -2.56. The number of hydrogen-bond acceptors (Lipinski definition) is 2. The summed E-state index contributed by atoms with van der Waals surface area (Å²) in [5, 5.41) is 16.7. The van der Waals surface area contributed by atoms with Crippen LogP contribution in [0.2, 0.25) is 0 Å². The molecule has 0 aliphatic rings. The van der Waals surface area contributed by atoms with E-state index in [4.69, 9.17) is 10.2 Å². The second-order valence-corrected chi connectivity index (χ2v) is 3.14. The third-order valence-corrected chi connectivity index (χ3v) is 1.89. The molecule has 0 saturated carbocycles. The summed E-state index contributed by atoms with van der Waals surface area (Å²) in [6.45, 7) is 0.216. The number of carboxylic acid groups (broad SMARTS) is 1. The molecular formula is C10H17FO3. The van der Waals surface area contributed by atoms with Gasteiger partial charge in [0.1, 0.15) is 0 Å². The first-order chi connectivity index (χ1) is 6.68. The second kappa shape index (κ2) is 8.69. The van der Waals surface area contributed by atoms with Crippen LogP contribution in [0.4, 0.5) is 4.39 Å². The zero-order chi connectivity index (χ0) is 10.8. The van der Waals surface area contributed by atoms with Gasteiger partial charge in [0.05, 0.1) is 0 Å². The molecule has 0 spiro atoms. The Labute approximate surface area is 83.2 Å². The van der Waals surface area contributed by atoms with Crippen molar-refractivity contribution in [3.05, 3.63) is 11.9 Å². The largest absolute Gasteiger partial charge is 0.476 e. The minimum atomic E-state index is -1.50. The Balaban J connectivity index is 3.29. The summed E-state index contributed by atoms with van der Waals surface area (Å²) >= 11 is 0. The average molecular weight is 204 g/mol. The first-order valence-electron chi connectivity index (χ1n) is 4.88. The quantitative estimate of drug-likeness (QED) is 0.471. The number of carbonyl (C=O) groups is 1. The van der Waals surface area contributed by atoms with Gasteiger partial charge < -0.3 is 10.2 Å². The molecule has 0 aliphatic heterocycles. The Morgan fingerprint density at radius 1 is 1.14 bits per heavy atom. The number of aliphatic carboxylic acids is 1. The van der Waals surface area contributed by atoms with Crippen molar-refractivity contribution in [1.82, 2.24) is 0 Å². The minimum absolute atomic E-state index is 0.216. The molecule has 4 heteroatoms. The molecule has 0 aromatic carbocycles. The van der Waals surface area contributed by atoms with Gasteiger partial charge in [-0.1, -0.05) is 19.3 Å². The molecular weight excluding hydrogens is 187 g/mol. The number of allylic oxidation sites excluding steroid dienone is 1. The van der Waals surface area contributed by atoms with Crippen LogP contribution in [0.25, 0.3) is 0 Å². The van der Waals surface area contributed by atoms with E-state index >= 15 is 0 Å². The Hall–Kier alpha value is -0.900. The van der Waals surface area contributed by atoms with Crippen LogP contribution in [0.1, 0.15) is 38.5 Å². The Kier molecular flexibility index (Phi) is 8.13. The number of unbranched alkanes of at least 4 members (excludes halogenated alkanes) is 5. The number of halogens is 1. The number of rotatable bonds is 8. The Bertz CT molecular complexity index is 190. The summed E-state index contributed by atoms with van der Waals surface area (Å²) in [6, 6.07) is 0. The van der Waals surface area contributed by atoms with Gasteiger partial charge in [0.25, 0.3) is 0 Å². The van der Waals surface area contributed by atoms with Crippen LogP contribution in [0.15, 0.2) is 11.9 Å². The fraction of sp³-hybridized carbons (Fsp3) is 0.700. The molecule has 0 aromatic heterocycles. The highest BCUT2D eigenvalue weighted by atomic mass is 19.1. The van der Waals surface area contributed by atoms with Gasteiger partial charge >= 0.3 is 5.97 Å². The highest BCUT2D eigenvalue weighted by Gasteiger charge is 2.02. The summed E-state index contributed by atoms with van der Waals surface area (Å²) in [7, 11) is 0.